The van der Waals surface area contributed by atoms with Crippen LogP contribution >= 0.6 is 0 Å². The van der Waals surface area contributed by atoms with E-state index >= 15 is 0 Å². The minimum absolute atomic E-state index is 0.0231. The normalized spacial score (nSPS) is 11.7. The molecule has 26 heavy (non-hydrogen) atoms. The Labute approximate surface area is 147 Å². The van der Waals surface area contributed by atoms with Crippen LogP contribution in [0.15, 0.2) is 41.3 Å². The second kappa shape index (κ2) is 6.49. The summed E-state index contributed by atoms with van der Waals surface area (Å²) < 4.78 is 56.7. The number of carbonyl (C=O) groups excluding carboxylic acids is 1. The summed E-state index contributed by atoms with van der Waals surface area (Å²) in [5.41, 5.74) is 0.430. The lowest BCUT2D eigenvalue weighted by atomic mass is 10.2. The van der Waals surface area contributed by atoms with Crippen LogP contribution < -0.4 is 0 Å². The van der Waals surface area contributed by atoms with Crippen LogP contribution in [0, 0.1) is 11.6 Å². The summed E-state index contributed by atoms with van der Waals surface area (Å²) in [6, 6.07) is 7.26. The molecule has 2 aromatic carbocycles. The molecule has 0 radical (unpaired) electrons. The molecule has 9 heteroatoms. The van der Waals surface area contributed by atoms with Crippen LogP contribution in [0.4, 0.5) is 8.78 Å². The molecule has 0 unspecified atom stereocenters. The first-order valence-corrected chi connectivity index (χ1v) is 9.32. The van der Waals surface area contributed by atoms with E-state index in [-0.39, 0.29) is 22.7 Å². The monoisotopic (exact) mass is 380 g/mol. The second-order valence-electron chi connectivity index (χ2n) is 5.68. The van der Waals surface area contributed by atoms with Crippen LogP contribution in [-0.4, -0.2) is 37.5 Å². The number of carbonyl (C=O) groups is 1. The van der Waals surface area contributed by atoms with Gasteiger partial charge in [-0.15, -0.1) is 0 Å². The smallest absolute Gasteiger partial charge is 0.359 e. The summed E-state index contributed by atoms with van der Waals surface area (Å²) in [7, 11) is -2.30. The lowest BCUT2D eigenvalue weighted by Crippen LogP contribution is -2.07. The molecule has 6 nitrogen and oxygen atoms in total. The van der Waals surface area contributed by atoms with E-state index in [1.165, 1.54) is 36.1 Å². The third-order valence-corrected chi connectivity index (χ3v) is 4.98. The number of benzene rings is 2. The average molecular weight is 380 g/mol. The van der Waals surface area contributed by atoms with Crippen LogP contribution in [-0.2, 0) is 21.1 Å². The number of sulfone groups is 1. The summed E-state index contributed by atoms with van der Waals surface area (Å²) in [5.74, 6) is -2.20. The van der Waals surface area contributed by atoms with Gasteiger partial charge in [-0.25, -0.2) is 22.0 Å². The fraction of sp³-hybridized carbons (Fsp3) is 0.176. The molecule has 1 aromatic heterocycles. The first-order chi connectivity index (χ1) is 12.2. The van der Waals surface area contributed by atoms with E-state index in [0.717, 1.165) is 18.4 Å². The highest BCUT2D eigenvalue weighted by atomic mass is 32.2. The standard InChI is InChI=1S/C17H14F2N2O4S/c1-25-17(22)16-13-6-5-12(26(2,23)24)8-15(13)21(20-16)9-10-3-4-11(18)7-14(10)19/h3-8H,9H2,1-2H3. The molecule has 0 atom stereocenters. The second-order valence-corrected chi connectivity index (χ2v) is 7.70. The molecular formula is C17H14F2N2O4S. The Kier molecular flexibility index (Phi) is 4.49. The van der Waals surface area contributed by atoms with Crippen molar-refractivity contribution in [3.63, 3.8) is 0 Å². The molecule has 0 aliphatic heterocycles. The van der Waals surface area contributed by atoms with E-state index < -0.39 is 27.4 Å². The Morgan fingerprint density at radius 1 is 1.19 bits per heavy atom. The Morgan fingerprint density at radius 2 is 1.92 bits per heavy atom. The third kappa shape index (κ3) is 3.30. The Bertz CT molecular complexity index is 1120. The number of hydrogen-bond acceptors (Lipinski definition) is 5. The molecule has 0 amide bonds. The molecule has 0 N–H and O–H groups in total. The predicted molar refractivity (Wildman–Crippen MR) is 89.6 cm³/mol. The van der Waals surface area contributed by atoms with Crippen molar-refractivity contribution < 1.29 is 26.7 Å². The topological polar surface area (TPSA) is 78.3 Å². The molecule has 3 aromatic rings. The summed E-state index contributed by atoms with van der Waals surface area (Å²) >= 11 is 0. The van der Waals surface area contributed by atoms with Crippen molar-refractivity contribution in [1.29, 1.82) is 0 Å². The first kappa shape index (κ1) is 18.0. The Morgan fingerprint density at radius 3 is 2.54 bits per heavy atom. The van der Waals surface area contributed by atoms with Gasteiger partial charge in [-0.3, -0.25) is 4.68 Å². The number of esters is 1. The van der Waals surface area contributed by atoms with Gasteiger partial charge in [-0.1, -0.05) is 6.07 Å². The quantitative estimate of drug-likeness (QED) is 0.650. The zero-order valence-electron chi connectivity index (χ0n) is 13.9. The molecule has 136 valence electrons. The summed E-state index contributed by atoms with van der Waals surface area (Å²) in [5, 5.41) is 4.50. The number of halogens is 2. The van der Waals surface area contributed by atoms with E-state index in [0.29, 0.717) is 10.9 Å². The van der Waals surface area contributed by atoms with Crippen LogP contribution in [0.2, 0.25) is 0 Å². The fourth-order valence-electron chi connectivity index (χ4n) is 2.56. The SMILES string of the molecule is COC(=O)c1nn(Cc2ccc(F)cc2F)c2cc(S(C)(=O)=O)ccc12. The van der Waals surface area contributed by atoms with Gasteiger partial charge in [-0.2, -0.15) is 5.10 Å². The fourth-order valence-corrected chi connectivity index (χ4v) is 3.20. The summed E-state index contributed by atoms with van der Waals surface area (Å²) in [6.07, 6.45) is 1.05. The van der Waals surface area contributed by atoms with Gasteiger partial charge >= 0.3 is 5.97 Å². The molecule has 0 aliphatic rings. The van der Waals surface area contributed by atoms with Crippen molar-refractivity contribution in [3.05, 3.63) is 59.3 Å². The van der Waals surface area contributed by atoms with E-state index in [2.05, 4.69) is 9.84 Å². The highest BCUT2D eigenvalue weighted by Gasteiger charge is 2.20. The van der Waals surface area contributed by atoms with Gasteiger partial charge in [0.25, 0.3) is 0 Å². The zero-order valence-corrected chi connectivity index (χ0v) is 14.7. The number of methoxy groups -OCH3 is 1. The number of nitrogens with zero attached hydrogens (tertiary/aromatic N) is 2. The third-order valence-electron chi connectivity index (χ3n) is 3.87. The van der Waals surface area contributed by atoms with Crippen molar-refractivity contribution in [2.24, 2.45) is 0 Å². The van der Waals surface area contributed by atoms with Gasteiger partial charge < -0.3 is 4.74 Å². The molecule has 0 bridgehead atoms. The number of aromatic nitrogens is 2. The highest BCUT2D eigenvalue weighted by Crippen LogP contribution is 2.24. The van der Waals surface area contributed by atoms with Crippen LogP contribution in [0.1, 0.15) is 16.1 Å². The number of rotatable bonds is 4. The minimum atomic E-state index is -3.50. The van der Waals surface area contributed by atoms with Crippen molar-refractivity contribution in [2.75, 3.05) is 13.4 Å². The van der Waals surface area contributed by atoms with Crippen molar-refractivity contribution in [3.8, 4) is 0 Å². The van der Waals surface area contributed by atoms with E-state index in [9.17, 15) is 22.0 Å². The molecule has 0 saturated heterocycles. The van der Waals surface area contributed by atoms with Crippen molar-refractivity contribution >= 4 is 26.7 Å². The van der Waals surface area contributed by atoms with Crippen molar-refractivity contribution in [1.82, 2.24) is 9.78 Å². The maximum atomic E-state index is 14.0. The molecule has 1 heterocycles. The number of fused-ring (bicyclic) bond motifs is 1. The summed E-state index contributed by atoms with van der Waals surface area (Å²) in [4.78, 5) is 12.0. The maximum absolute atomic E-state index is 14.0. The van der Waals surface area contributed by atoms with Gasteiger partial charge in [0.15, 0.2) is 15.5 Å². The van der Waals surface area contributed by atoms with E-state index in [1.807, 2.05) is 0 Å². The lowest BCUT2D eigenvalue weighted by molar-refractivity contribution is 0.0595. The average Bonchev–Trinajstić information content (AvgIpc) is 2.94. The molecule has 0 spiro atoms. The molecule has 3 rings (SSSR count). The van der Waals surface area contributed by atoms with Crippen LogP contribution in [0.25, 0.3) is 10.9 Å². The zero-order chi connectivity index (χ0) is 19.1. The largest absolute Gasteiger partial charge is 0.464 e. The summed E-state index contributed by atoms with van der Waals surface area (Å²) in [6.45, 7) is -0.118. The predicted octanol–water partition coefficient (Wildman–Crippen LogP) is 2.55. The number of hydrogen-bond donors (Lipinski definition) is 0. The van der Waals surface area contributed by atoms with Gasteiger partial charge in [0, 0.05) is 23.3 Å². The van der Waals surface area contributed by atoms with Gasteiger partial charge in [0.2, 0.25) is 0 Å². The van der Waals surface area contributed by atoms with Crippen LogP contribution in [0.3, 0.4) is 0 Å². The molecular weight excluding hydrogens is 366 g/mol. The van der Waals surface area contributed by atoms with Gasteiger partial charge in [-0.05, 0) is 24.3 Å². The first-order valence-electron chi connectivity index (χ1n) is 7.43. The molecule has 0 fully saturated rings. The Balaban J connectivity index is 2.20. The lowest BCUT2D eigenvalue weighted by Gasteiger charge is -2.06. The maximum Gasteiger partial charge on any atom is 0.359 e. The number of ether oxygens (including phenoxy) is 1. The minimum Gasteiger partial charge on any atom is -0.464 e. The van der Waals surface area contributed by atoms with Gasteiger partial charge in [0.1, 0.15) is 11.6 Å². The van der Waals surface area contributed by atoms with Crippen LogP contribution in [0.5, 0.6) is 0 Å². The van der Waals surface area contributed by atoms with Crippen molar-refractivity contribution in [2.45, 2.75) is 11.4 Å². The van der Waals surface area contributed by atoms with E-state index in [4.69, 9.17) is 0 Å². The Hall–Kier alpha value is -2.81. The highest BCUT2D eigenvalue weighted by molar-refractivity contribution is 7.90. The molecule has 0 aliphatic carbocycles. The van der Waals surface area contributed by atoms with E-state index in [1.54, 1.807) is 0 Å². The van der Waals surface area contributed by atoms with Gasteiger partial charge in [0.05, 0.1) is 24.1 Å². The molecule has 0 saturated carbocycles.